The Labute approximate surface area is 318 Å². The first-order valence-electron chi connectivity index (χ1n) is 18.2. The second-order valence-electron chi connectivity index (χ2n) is 14.5. The van der Waals surface area contributed by atoms with Crippen LogP contribution in [0, 0.1) is 11.3 Å². The van der Waals surface area contributed by atoms with Crippen molar-refractivity contribution >= 4 is 31.5 Å². The Hall–Kier alpha value is -6.67. The highest BCUT2D eigenvalue weighted by Crippen LogP contribution is 2.51. The van der Waals surface area contributed by atoms with Gasteiger partial charge in [0.05, 0.1) is 23.0 Å². The third kappa shape index (κ3) is 5.16. The first-order chi connectivity index (χ1) is 26.5. The summed E-state index contributed by atoms with van der Waals surface area (Å²) in [5, 5.41) is 12.2. The van der Waals surface area contributed by atoms with E-state index in [9.17, 15) is 5.26 Å². The third-order valence-electron chi connectivity index (χ3n) is 11.0. The fourth-order valence-corrected chi connectivity index (χ4v) is 9.32. The van der Waals surface area contributed by atoms with Crippen LogP contribution in [0.3, 0.4) is 0 Å². The number of rotatable bonds is 5. The molecule has 0 aliphatic heterocycles. The fourth-order valence-electron chi connectivity index (χ4n) is 8.21. The average Bonchev–Trinajstić information content (AvgIpc) is 3.72. The van der Waals surface area contributed by atoms with E-state index in [0.717, 1.165) is 33.6 Å². The molecule has 7 aromatic carbocycles. The minimum atomic E-state index is -0.233. The van der Waals surface area contributed by atoms with Gasteiger partial charge in [-0.1, -0.05) is 141 Å². The molecule has 9 aromatic rings. The molecule has 0 saturated carbocycles. The van der Waals surface area contributed by atoms with Crippen LogP contribution in [0.25, 0.3) is 87.5 Å². The number of nitriles is 1. The number of benzene rings is 7. The van der Waals surface area contributed by atoms with Gasteiger partial charge in [0.15, 0.2) is 5.82 Å². The molecule has 0 unspecified atom stereocenters. The van der Waals surface area contributed by atoms with Crippen LogP contribution in [0.15, 0.2) is 164 Å². The van der Waals surface area contributed by atoms with Crippen LogP contribution in [0.2, 0.25) is 0 Å². The van der Waals surface area contributed by atoms with Crippen molar-refractivity contribution in [2.24, 2.45) is 0 Å². The van der Waals surface area contributed by atoms with Gasteiger partial charge in [-0.25, -0.2) is 9.97 Å². The second kappa shape index (κ2) is 12.5. The zero-order chi connectivity index (χ0) is 36.4. The molecule has 254 valence electrons. The van der Waals surface area contributed by atoms with Crippen molar-refractivity contribution in [3.05, 3.63) is 180 Å². The zero-order valence-corrected chi connectivity index (χ0v) is 30.7. The van der Waals surface area contributed by atoms with E-state index >= 15 is 0 Å². The number of fused-ring (bicyclic) bond motifs is 6. The van der Waals surface area contributed by atoms with Crippen LogP contribution in [0.4, 0.5) is 0 Å². The van der Waals surface area contributed by atoms with Gasteiger partial charge in [-0.3, -0.25) is 0 Å². The predicted molar refractivity (Wildman–Crippen MR) is 224 cm³/mol. The lowest BCUT2D eigenvalue weighted by molar-refractivity contribution is 0.660. The molecular formula is C50H33N3S. The lowest BCUT2D eigenvalue weighted by atomic mass is 9.80. The van der Waals surface area contributed by atoms with E-state index in [-0.39, 0.29) is 5.41 Å². The summed E-state index contributed by atoms with van der Waals surface area (Å²) in [5.74, 6) is 0.707. The van der Waals surface area contributed by atoms with Crippen molar-refractivity contribution in [2.75, 3.05) is 0 Å². The van der Waals surface area contributed by atoms with Gasteiger partial charge in [-0.15, -0.1) is 11.3 Å². The van der Waals surface area contributed by atoms with Crippen LogP contribution < -0.4 is 0 Å². The first kappa shape index (κ1) is 32.0. The molecule has 0 N–H and O–H groups in total. The normalized spacial score (nSPS) is 12.8. The molecule has 4 heteroatoms. The molecule has 10 rings (SSSR count). The molecule has 0 bridgehead atoms. The lowest BCUT2D eigenvalue weighted by Crippen LogP contribution is -2.15. The molecule has 0 fully saturated rings. The highest BCUT2D eigenvalue weighted by Gasteiger charge is 2.36. The standard InChI is InChI=1S/C50H33N3S/c1-50(2)41-27-31(30-51)17-23-38(41)39-24-22-36(28-42(39)50)37-25-26-46-48(40-15-9-10-16-45(40)54-46)47(37)34-20-18-33(19-21-34)44-29-43(32-11-5-3-6-12-32)52-49(53-44)35-13-7-4-8-14-35/h3-29H,1-2H3. The topological polar surface area (TPSA) is 49.6 Å². The second-order valence-corrected chi connectivity index (χ2v) is 15.6. The molecule has 2 aromatic heterocycles. The number of aromatic nitrogens is 2. The maximum absolute atomic E-state index is 9.68. The van der Waals surface area contributed by atoms with E-state index in [1.807, 2.05) is 53.8 Å². The van der Waals surface area contributed by atoms with Crippen molar-refractivity contribution < 1.29 is 0 Å². The Kier molecular flexibility index (Phi) is 7.40. The quantitative estimate of drug-likeness (QED) is 0.179. The van der Waals surface area contributed by atoms with Gasteiger partial charge < -0.3 is 0 Å². The molecule has 1 aliphatic rings. The van der Waals surface area contributed by atoms with Gasteiger partial charge in [0.2, 0.25) is 0 Å². The summed E-state index contributed by atoms with van der Waals surface area (Å²) in [6.07, 6.45) is 0. The van der Waals surface area contributed by atoms with E-state index in [0.29, 0.717) is 11.4 Å². The molecule has 0 spiro atoms. The minimum absolute atomic E-state index is 0.233. The van der Waals surface area contributed by atoms with Gasteiger partial charge in [0.25, 0.3) is 0 Å². The van der Waals surface area contributed by atoms with E-state index in [2.05, 4.69) is 141 Å². The Morgan fingerprint density at radius 2 is 1.07 bits per heavy atom. The molecule has 2 heterocycles. The number of nitrogens with zero attached hydrogens (tertiary/aromatic N) is 3. The minimum Gasteiger partial charge on any atom is -0.228 e. The Morgan fingerprint density at radius 3 is 1.80 bits per heavy atom. The van der Waals surface area contributed by atoms with E-state index in [1.54, 1.807) is 0 Å². The van der Waals surface area contributed by atoms with Crippen LogP contribution in [0.5, 0.6) is 0 Å². The first-order valence-corrected chi connectivity index (χ1v) is 19.0. The monoisotopic (exact) mass is 707 g/mol. The maximum Gasteiger partial charge on any atom is 0.160 e. The van der Waals surface area contributed by atoms with Crippen LogP contribution >= 0.6 is 11.3 Å². The highest BCUT2D eigenvalue weighted by atomic mass is 32.1. The number of hydrogen-bond acceptors (Lipinski definition) is 4. The summed E-state index contributed by atoms with van der Waals surface area (Å²) < 4.78 is 2.55. The molecule has 3 nitrogen and oxygen atoms in total. The predicted octanol–water partition coefficient (Wildman–Crippen LogP) is 13.4. The third-order valence-corrected chi connectivity index (χ3v) is 12.1. The Balaban J connectivity index is 1.14. The molecular weight excluding hydrogens is 675 g/mol. The van der Waals surface area contributed by atoms with E-state index in [1.165, 1.54) is 59.1 Å². The van der Waals surface area contributed by atoms with Crippen LogP contribution in [0.1, 0.15) is 30.5 Å². The number of hydrogen-bond donors (Lipinski definition) is 0. The smallest absolute Gasteiger partial charge is 0.160 e. The van der Waals surface area contributed by atoms with Crippen LogP contribution in [-0.4, -0.2) is 9.97 Å². The van der Waals surface area contributed by atoms with Crippen molar-refractivity contribution in [1.29, 1.82) is 5.26 Å². The van der Waals surface area contributed by atoms with Gasteiger partial charge >= 0.3 is 0 Å². The Morgan fingerprint density at radius 1 is 0.500 bits per heavy atom. The van der Waals surface area contributed by atoms with E-state index in [4.69, 9.17) is 9.97 Å². The lowest BCUT2D eigenvalue weighted by Gasteiger charge is -2.22. The largest absolute Gasteiger partial charge is 0.228 e. The highest BCUT2D eigenvalue weighted by molar-refractivity contribution is 7.26. The van der Waals surface area contributed by atoms with Gasteiger partial charge in [0.1, 0.15) is 0 Å². The van der Waals surface area contributed by atoms with Gasteiger partial charge in [-0.05, 0) is 80.9 Å². The molecule has 0 radical (unpaired) electrons. The number of thiophene rings is 1. The van der Waals surface area contributed by atoms with Gasteiger partial charge in [0, 0.05) is 42.3 Å². The van der Waals surface area contributed by atoms with Crippen molar-refractivity contribution in [2.45, 2.75) is 19.3 Å². The maximum atomic E-state index is 9.68. The van der Waals surface area contributed by atoms with Crippen molar-refractivity contribution in [3.63, 3.8) is 0 Å². The average molecular weight is 708 g/mol. The molecule has 1 aliphatic carbocycles. The van der Waals surface area contributed by atoms with Crippen molar-refractivity contribution in [1.82, 2.24) is 9.97 Å². The summed E-state index contributed by atoms with van der Waals surface area (Å²) in [6, 6.07) is 60.2. The Bertz CT molecular complexity index is 2890. The molecule has 0 atom stereocenters. The van der Waals surface area contributed by atoms with Gasteiger partial charge in [-0.2, -0.15) is 5.26 Å². The summed E-state index contributed by atoms with van der Waals surface area (Å²) in [7, 11) is 0. The SMILES string of the molecule is CC1(C)c2cc(C#N)ccc2-c2ccc(-c3ccc4sc5ccccc5c4c3-c3ccc(-c4cc(-c5ccccc5)nc(-c5ccccc5)n4)cc3)cc21. The fraction of sp³-hybridized carbons (Fsp3) is 0.0600. The van der Waals surface area contributed by atoms with Crippen LogP contribution in [-0.2, 0) is 5.41 Å². The molecule has 0 saturated heterocycles. The summed E-state index contributed by atoms with van der Waals surface area (Å²) >= 11 is 1.85. The van der Waals surface area contributed by atoms with Crippen molar-refractivity contribution in [3.8, 4) is 73.4 Å². The van der Waals surface area contributed by atoms with E-state index < -0.39 is 0 Å². The summed E-state index contributed by atoms with van der Waals surface area (Å²) in [5.41, 5.74) is 15.0. The molecule has 0 amide bonds. The molecule has 54 heavy (non-hydrogen) atoms. The zero-order valence-electron chi connectivity index (χ0n) is 29.8. The summed E-state index contributed by atoms with van der Waals surface area (Å²) in [4.78, 5) is 10.1. The summed E-state index contributed by atoms with van der Waals surface area (Å²) in [6.45, 7) is 4.55.